The van der Waals surface area contributed by atoms with E-state index >= 15 is 0 Å². The molecular weight excluding hydrogens is 232 g/mol. The Bertz CT molecular complexity index is 287. The summed E-state index contributed by atoms with van der Waals surface area (Å²) in [5.41, 5.74) is 7.14. The van der Waals surface area contributed by atoms with Crippen LogP contribution in [0.1, 0.15) is 78.6 Å². The highest BCUT2D eigenvalue weighted by Crippen LogP contribution is 2.42. The van der Waals surface area contributed by atoms with Crippen molar-refractivity contribution in [2.75, 3.05) is 13.1 Å². The van der Waals surface area contributed by atoms with Gasteiger partial charge in [-0.1, -0.05) is 33.6 Å². The molecular formula is C17H34N2. The van der Waals surface area contributed by atoms with Gasteiger partial charge in [-0.3, -0.25) is 4.90 Å². The van der Waals surface area contributed by atoms with E-state index in [1.54, 1.807) is 0 Å². The maximum atomic E-state index is 6.30. The minimum absolute atomic E-state index is 0.314. The summed E-state index contributed by atoms with van der Waals surface area (Å²) >= 11 is 0. The van der Waals surface area contributed by atoms with Crippen molar-refractivity contribution in [3.8, 4) is 0 Å². The normalized spacial score (nSPS) is 36.9. The van der Waals surface area contributed by atoms with Crippen LogP contribution in [0, 0.1) is 5.41 Å². The molecule has 2 N–H and O–H groups in total. The van der Waals surface area contributed by atoms with Crippen LogP contribution in [0.15, 0.2) is 0 Å². The van der Waals surface area contributed by atoms with Gasteiger partial charge in [0.25, 0.3) is 0 Å². The summed E-state index contributed by atoms with van der Waals surface area (Å²) in [6, 6.07) is 0.790. The van der Waals surface area contributed by atoms with Crippen molar-refractivity contribution in [2.24, 2.45) is 11.1 Å². The number of likely N-dealkylation sites (tertiary alicyclic amines) is 1. The molecule has 2 heteroatoms. The quantitative estimate of drug-likeness (QED) is 0.784. The van der Waals surface area contributed by atoms with Gasteiger partial charge < -0.3 is 5.73 Å². The van der Waals surface area contributed by atoms with Crippen LogP contribution in [0.4, 0.5) is 0 Å². The molecule has 2 nitrogen and oxygen atoms in total. The van der Waals surface area contributed by atoms with E-state index < -0.39 is 0 Å². The van der Waals surface area contributed by atoms with E-state index in [1.807, 2.05) is 0 Å². The summed E-state index contributed by atoms with van der Waals surface area (Å²) in [5, 5.41) is 0. The zero-order chi connectivity index (χ0) is 13.9. The standard InChI is InChI=1S/C17H34N2/c1-4-15-8-5-6-13-19(15)17(14-18)10-7-9-16(2,3)11-12-17/h15H,4-14,18H2,1-3H3. The minimum atomic E-state index is 0.314. The van der Waals surface area contributed by atoms with Crippen molar-refractivity contribution in [3.63, 3.8) is 0 Å². The number of piperidine rings is 1. The maximum absolute atomic E-state index is 6.30. The average molecular weight is 266 g/mol. The van der Waals surface area contributed by atoms with Gasteiger partial charge in [-0.05, 0) is 56.9 Å². The first-order chi connectivity index (χ1) is 9.03. The summed E-state index contributed by atoms with van der Waals surface area (Å²) in [6.45, 7) is 9.38. The van der Waals surface area contributed by atoms with E-state index in [1.165, 1.54) is 64.3 Å². The molecule has 2 atom stereocenters. The monoisotopic (exact) mass is 266 g/mol. The van der Waals surface area contributed by atoms with Gasteiger partial charge in [0.15, 0.2) is 0 Å². The topological polar surface area (TPSA) is 29.3 Å². The van der Waals surface area contributed by atoms with Crippen molar-refractivity contribution in [1.82, 2.24) is 4.90 Å². The first kappa shape index (κ1) is 15.3. The Morgan fingerprint density at radius 2 is 1.84 bits per heavy atom. The van der Waals surface area contributed by atoms with Gasteiger partial charge in [0.1, 0.15) is 0 Å². The van der Waals surface area contributed by atoms with Gasteiger partial charge in [0.05, 0.1) is 0 Å². The molecule has 0 amide bonds. The molecule has 2 aliphatic rings. The highest BCUT2D eigenvalue weighted by Gasteiger charge is 2.42. The third-order valence-corrected chi connectivity index (χ3v) is 5.85. The molecule has 112 valence electrons. The molecule has 0 spiro atoms. The molecule has 1 aliphatic carbocycles. The van der Waals surface area contributed by atoms with Gasteiger partial charge in [0, 0.05) is 18.1 Å². The Morgan fingerprint density at radius 3 is 2.53 bits per heavy atom. The van der Waals surface area contributed by atoms with Gasteiger partial charge in [0.2, 0.25) is 0 Å². The molecule has 0 aromatic carbocycles. The Hall–Kier alpha value is -0.0800. The number of hydrogen-bond donors (Lipinski definition) is 1. The van der Waals surface area contributed by atoms with E-state index in [0.717, 1.165) is 12.6 Å². The zero-order valence-corrected chi connectivity index (χ0v) is 13.4. The molecule has 0 aromatic rings. The van der Waals surface area contributed by atoms with E-state index in [2.05, 4.69) is 25.7 Å². The van der Waals surface area contributed by atoms with Crippen LogP contribution in [0.5, 0.6) is 0 Å². The third-order valence-electron chi connectivity index (χ3n) is 5.85. The third kappa shape index (κ3) is 3.33. The van der Waals surface area contributed by atoms with Crippen molar-refractivity contribution in [1.29, 1.82) is 0 Å². The second kappa shape index (κ2) is 6.13. The van der Waals surface area contributed by atoms with Crippen LogP contribution in [0.2, 0.25) is 0 Å². The number of hydrogen-bond acceptors (Lipinski definition) is 2. The van der Waals surface area contributed by atoms with Gasteiger partial charge >= 0.3 is 0 Å². The highest BCUT2D eigenvalue weighted by atomic mass is 15.2. The van der Waals surface area contributed by atoms with E-state index in [-0.39, 0.29) is 0 Å². The fraction of sp³-hybridized carbons (Fsp3) is 1.00. The Morgan fingerprint density at radius 1 is 1.05 bits per heavy atom. The lowest BCUT2D eigenvalue weighted by Crippen LogP contribution is -2.59. The lowest BCUT2D eigenvalue weighted by atomic mass is 9.81. The first-order valence-corrected chi connectivity index (χ1v) is 8.50. The smallest absolute Gasteiger partial charge is 0.0334 e. The van der Waals surface area contributed by atoms with E-state index in [9.17, 15) is 0 Å². The van der Waals surface area contributed by atoms with Crippen LogP contribution in [0.3, 0.4) is 0 Å². The SMILES string of the molecule is CCC1CCCCN1C1(CN)CCCC(C)(C)CC1. The van der Waals surface area contributed by atoms with Crippen molar-refractivity contribution < 1.29 is 0 Å². The molecule has 19 heavy (non-hydrogen) atoms. The summed E-state index contributed by atoms with van der Waals surface area (Å²) in [4.78, 5) is 2.83. The molecule has 2 unspecified atom stereocenters. The molecule has 1 saturated carbocycles. The summed E-state index contributed by atoms with van der Waals surface area (Å²) in [5.74, 6) is 0. The molecule has 1 saturated heterocycles. The predicted molar refractivity (Wildman–Crippen MR) is 83.3 cm³/mol. The van der Waals surface area contributed by atoms with Crippen LogP contribution < -0.4 is 5.73 Å². The van der Waals surface area contributed by atoms with Crippen LogP contribution in [-0.2, 0) is 0 Å². The summed E-state index contributed by atoms with van der Waals surface area (Å²) < 4.78 is 0. The van der Waals surface area contributed by atoms with Gasteiger partial charge in [-0.2, -0.15) is 0 Å². The Labute approximate surface area is 120 Å². The molecule has 0 bridgehead atoms. The average Bonchev–Trinajstić information content (AvgIpc) is 2.58. The number of nitrogens with zero attached hydrogens (tertiary/aromatic N) is 1. The summed E-state index contributed by atoms with van der Waals surface area (Å²) in [7, 11) is 0. The predicted octanol–water partition coefficient (Wildman–Crippen LogP) is 3.94. The van der Waals surface area contributed by atoms with E-state index in [0.29, 0.717) is 11.0 Å². The van der Waals surface area contributed by atoms with Crippen molar-refractivity contribution in [2.45, 2.75) is 90.1 Å². The Kier molecular flexibility index (Phi) is 4.94. The second-order valence-electron chi connectivity index (χ2n) is 7.70. The molecule has 2 rings (SSSR count). The minimum Gasteiger partial charge on any atom is -0.329 e. The fourth-order valence-electron chi connectivity index (χ4n) is 4.38. The lowest BCUT2D eigenvalue weighted by molar-refractivity contribution is 0.00797. The first-order valence-electron chi connectivity index (χ1n) is 8.50. The maximum Gasteiger partial charge on any atom is 0.0334 e. The lowest BCUT2D eigenvalue weighted by Gasteiger charge is -2.50. The van der Waals surface area contributed by atoms with Crippen LogP contribution in [0.25, 0.3) is 0 Å². The van der Waals surface area contributed by atoms with Crippen LogP contribution in [-0.4, -0.2) is 29.6 Å². The number of nitrogens with two attached hydrogens (primary N) is 1. The Balaban J connectivity index is 2.16. The second-order valence-corrected chi connectivity index (χ2v) is 7.70. The molecule has 2 fully saturated rings. The van der Waals surface area contributed by atoms with Gasteiger partial charge in [-0.25, -0.2) is 0 Å². The fourth-order valence-corrected chi connectivity index (χ4v) is 4.38. The zero-order valence-electron chi connectivity index (χ0n) is 13.4. The molecule has 1 aliphatic heterocycles. The van der Waals surface area contributed by atoms with Crippen LogP contribution >= 0.6 is 0 Å². The molecule has 1 heterocycles. The van der Waals surface area contributed by atoms with E-state index in [4.69, 9.17) is 5.73 Å². The van der Waals surface area contributed by atoms with Crippen molar-refractivity contribution in [3.05, 3.63) is 0 Å². The molecule has 0 aromatic heterocycles. The molecule has 0 radical (unpaired) electrons. The highest BCUT2D eigenvalue weighted by molar-refractivity contribution is 4.99. The number of rotatable bonds is 3. The largest absolute Gasteiger partial charge is 0.329 e. The van der Waals surface area contributed by atoms with Crippen molar-refractivity contribution >= 4 is 0 Å². The van der Waals surface area contributed by atoms with Gasteiger partial charge in [-0.15, -0.1) is 0 Å². The summed E-state index contributed by atoms with van der Waals surface area (Å²) in [6.07, 6.45) is 12.2.